The average Bonchev–Trinajstić information content (AvgIpc) is 3.31. The van der Waals surface area contributed by atoms with Crippen LogP contribution in [0.25, 0.3) is 0 Å². The molecule has 14 heteroatoms. The van der Waals surface area contributed by atoms with Gasteiger partial charge in [0.05, 0.1) is 6.61 Å². The van der Waals surface area contributed by atoms with E-state index in [9.17, 15) is 26.3 Å². The molecule has 0 aliphatic carbocycles. The van der Waals surface area contributed by atoms with E-state index in [1.807, 2.05) is 0 Å². The van der Waals surface area contributed by atoms with Crippen LogP contribution in [0.3, 0.4) is 0 Å². The molecule has 3 atom stereocenters. The monoisotopic (exact) mass is 461 g/mol. The molecular formula is C16H14ClF6N3O4. The van der Waals surface area contributed by atoms with Crippen LogP contribution >= 0.6 is 11.6 Å². The van der Waals surface area contributed by atoms with Crippen LogP contribution < -0.4 is 0 Å². The molecule has 30 heavy (non-hydrogen) atoms. The zero-order valence-electron chi connectivity index (χ0n) is 14.9. The van der Waals surface area contributed by atoms with E-state index < -0.39 is 43.9 Å². The van der Waals surface area contributed by atoms with Crippen molar-refractivity contribution < 1.29 is 45.3 Å². The third-order valence-electron chi connectivity index (χ3n) is 3.96. The number of benzene rings is 1. The normalized spacial score (nSPS) is 23.6. The lowest BCUT2D eigenvalue weighted by Crippen LogP contribution is -2.42. The van der Waals surface area contributed by atoms with Crippen molar-refractivity contribution in [2.75, 3.05) is 13.2 Å². The van der Waals surface area contributed by atoms with Gasteiger partial charge in [-0.15, -0.1) is 13.2 Å². The zero-order valence-corrected chi connectivity index (χ0v) is 15.6. The maximum absolute atomic E-state index is 14.3. The highest BCUT2D eigenvalue weighted by Gasteiger charge is 2.55. The number of hydrogen-bond donors (Lipinski definition) is 0. The Bertz CT molecular complexity index is 823. The highest BCUT2D eigenvalue weighted by molar-refractivity contribution is 6.30. The van der Waals surface area contributed by atoms with Gasteiger partial charge in [0.2, 0.25) is 12.1 Å². The Balaban J connectivity index is 1.74. The molecule has 166 valence electrons. The zero-order chi connectivity index (χ0) is 22.0. The quantitative estimate of drug-likeness (QED) is 0.559. The van der Waals surface area contributed by atoms with Crippen molar-refractivity contribution in [2.45, 2.75) is 37.3 Å². The Kier molecular flexibility index (Phi) is 6.57. The van der Waals surface area contributed by atoms with Crippen molar-refractivity contribution in [2.24, 2.45) is 0 Å². The molecular weight excluding hydrogens is 448 g/mol. The average molecular weight is 462 g/mol. The van der Waals surface area contributed by atoms with Gasteiger partial charge in [-0.25, -0.2) is 14.1 Å². The molecule has 7 nitrogen and oxygen atoms in total. The van der Waals surface area contributed by atoms with Crippen LogP contribution in [0, 0.1) is 0 Å². The Morgan fingerprint density at radius 3 is 2.53 bits per heavy atom. The van der Waals surface area contributed by atoms with Gasteiger partial charge in [0.1, 0.15) is 25.8 Å². The second-order valence-electron chi connectivity index (χ2n) is 6.12. The molecule has 1 aromatic carbocycles. The standard InChI is InChI=1S/C16H14ClF6N3O4/c17-11-3-1-10(2-4-11)14(7-26-9-24-8-25-26)27-5-12(29-14)15(19,20)28-6-13(18)30-16(21,22)23/h1-4,8-9,12-13H,5-7H2. The molecule has 0 N–H and O–H groups in total. The summed E-state index contributed by atoms with van der Waals surface area (Å²) in [6.45, 7) is -2.57. The highest BCUT2D eigenvalue weighted by Crippen LogP contribution is 2.41. The number of alkyl halides is 6. The lowest BCUT2D eigenvalue weighted by atomic mass is 10.1. The van der Waals surface area contributed by atoms with Gasteiger partial charge in [-0.2, -0.15) is 13.9 Å². The van der Waals surface area contributed by atoms with E-state index in [1.54, 1.807) is 0 Å². The van der Waals surface area contributed by atoms with E-state index in [4.69, 9.17) is 21.1 Å². The van der Waals surface area contributed by atoms with Crippen LogP contribution in [-0.2, 0) is 31.3 Å². The van der Waals surface area contributed by atoms with Crippen molar-refractivity contribution >= 4 is 11.6 Å². The van der Waals surface area contributed by atoms with Crippen LogP contribution in [0.2, 0.25) is 5.02 Å². The summed E-state index contributed by atoms with van der Waals surface area (Å²) in [5, 5.41) is 4.25. The van der Waals surface area contributed by atoms with Gasteiger partial charge in [0.25, 0.3) is 0 Å². The number of rotatable bonds is 8. The largest absolute Gasteiger partial charge is 0.525 e. The van der Waals surface area contributed by atoms with Crippen LogP contribution in [0.4, 0.5) is 26.3 Å². The topological polar surface area (TPSA) is 67.6 Å². The number of halogens is 7. The van der Waals surface area contributed by atoms with E-state index in [2.05, 4.69) is 19.6 Å². The summed E-state index contributed by atoms with van der Waals surface area (Å²) in [5.74, 6) is -1.76. The highest BCUT2D eigenvalue weighted by atomic mass is 35.5. The predicted molar refractivity (Wildman–Crippen MR) is 86.9 cm³/mol. The first-order chi connectivity index (χ1) is 14.0. The smallest absolute Gasteiger partial charge is 0.341 e. The van der Waals surface area contributed by atoms with E-state index >= 15 is 0 Å². The van der Waals surface area contributed by atoms with E-state index in [-0.39, 0.29) is 6.54 Å². The third-order valence-corrected chi connectivity index (χ3v) is 4.22. The Morgan fingerprint density at radius 1 is 1.23 bits per heavy atom. The third kappa shape index (κ3) is 5.60. The number of ether oxygens (including phenoxy) is 4. The number of nitrogens with zero attached hydrogens (tertiary/aromatic N) is 3. The first-order valence-corrected chi connectivity index (χ1v) is 8.67. The minimum Gasteiger partial charge on any atom is -0.341 e. The molecule has 0 saturated carbocycles. The molecule has 1 aliphatic rings. The number of aromatic nitrogens is 3. The molecule has 3 rings (SSSR count). The van der Waals surface area contributed by atoms with Crippen molar-refractivity contribution in [3.8, 4) is 0 Å². The lowest BCUT2D eigenvalue weighted by Gasteiger charge is -2.30. The Labute approximate surface area is 170 Å². The minimum atomic E-state index is -5.34. The van der Waals surface area contributed by atoms with Gasteiger partial charge >= 0.3 is 12.5 Å². The summed E-state index contributed by atoms with van der Waals surface area (Å²) < 4.78 is 96.8. The van der Waals surface area contributed by atoms with E-state index in [0.29, 0.717) is 10.6 Å². The molecule has 1 saturated heterocycles. The van der Waals surface area contributed by atoms with Crippen LogP contribution in [0.15, 0.2) is 36.9 Å². The van der Waals surface area contributed by atoms with Crippen molar-refractivity contribution in [1.82, 2.24) is 14.8 Å². The van der Waals surface area contributed by atoms with Crippen molar-refractivity contribution in [3.63, 3.8) is 0 Å². The molecule has 3 unspecified atom stereocenters. The fraction of sp³-hybridized carbons (Fsp3) is 0.500. The first-order valence-electron chi connectivity index (χ1n) is 8.30. The lowest BCUT2D eigenvalue weighted by molar-refractivity contribution is -0.379. The first kappa shape index (κ1) is 22.7. The molecule has 1 aromatic heterocycles. The maximum atomic E-state index is 14.3. The molecule has 2 heterocycles. The SMILES string of the molecule is FC(COC(F)(F)C1COC(Cn2cncn2)(c2ccc(Cl)cc2)O1)OC(F)(F)F. The molecule has 2 aromatic rings. The van der Waals surface area contributed by atoms with Gasteiger partial charge in [-0.3, -0.25) is 4.74 Å². The van der Waals surface area contributed by atoms with Gasteiger partial charge in [-0.05, 0) is 12.1 Å². The summed E-state index contributed by atoms with van der Waals surface area (Å²) in [4.78, 5) is 3.75. The van der Waals surface area contributed by atoms with E-state index in [1.165, 1.54) is 41.6 Å². The summed E-state index contributed by atoms with van der Waals surface area (Å²) >= 11 is 5.85. The number of hydrogen-bond acceptors (Lipinski definition) is 6. The maximum Gasteiger partial charge on any atom is 0.525 e. The fourth-order valence-corrected chi connectivity index (χ4v) is 2.81. The van der Waals surface area contributed by atoms with Crippen LogP contribution in [0.5, 0.6) is 0 Å². The minimum absolute atomic E-state index is 0.190. The molecule has 1 fully saturated rings. The van der Waals surface area contributed by atoms with E-state index in [0.717, 1.165) is 0 Å². The van der Waals surface area contributed by atoms with Gasteiger partial charge < -0.3 is 14.2 Å². The van der Waals surface area contributed by atoms with Gasteiger partial charge in [0, 0.05) is 10.6 Å². The summed E-state index contributed by atoms with van der Waals surface area (Å²) in [5.41, 5.74) is 0.310. The second kappa shape index (κ2) is 8.67. The Hall–Kier alpha value is -1.93. The van der Waals surface area contributed by atoms with Gasteiger partial charge in [-0.1, -0.05) is 23.7 Å². The summed E-state index contributed by atoms with van der Waals surface area (Å²) in [7, 11) is 0. The molecule has 0 spiro atoms. The summed E-state index contributed by atoms with van der Waals surface area (Å²) in [6, 6.07) is 5.93. The van der Waals surface area contributed by atoms with Gasteiger partial charge in [0.15, 0.2) is 6.10 Å². The molecule has 0 radical (unpaired) electrons. The second-order valence-corrected chi connectivity index (χ2v) is 6.55. The summed E-state index contributed by atoms with van der Waals surface area (Å²) in [6.07, 6.45) is -12.2. The predicted octanol–water partition coefficient (Wildman–Crippen LogP) is 3.64. The van der Waals surface area contributed by atoms with Crippen molar-refractivity contribution in [3.05, 3.63) is 47.5 Å². The molecule has 0 amide bonds. The fourth-order valence-electron chi connectivity index (χ4n) is 2.68. The van der Waals surface area contributed by atoms with Crippen LogP contribution in [-0.4, -0.2) is 52.9 Å². The Morgan fingerprint density at radius 2 is 1.93 bits per heavy atom. The molecule has 1 aliphatic heterocycles. The van der Waals surface area contributed by atoms with Crippen molar-refractivity contribution in [1.29, 1.82) is 0 Å². The molecule has 0 bridgehead atoms. The van der Waals surface area contributed by atoms with Crippen LogP contribution in [0.1, 0.15) is 5.56 Å².